The molecule has 0 aliphatic rings. The van der Waals surface area contributed by atoms with Crippen molar-refractivity contribution in [3.8, 4) is 11.1 Å². The van der Waals surface area contributed by atoms with Gasteiger partial charge in [-0.15, -0.1) is 5.10 Å². The summed E-state index contributed by atoms with van der Waals surface area (Å²) >= 11 is 0. The van der Waals surface area contributed by atoms with Crippen LogP contribution in [0.1, 0.15) is 5.56 Å². The maximum Gasteiger partial charge on any atom is 0.416 e. The van der Waals surface area contributed by atoms with Gasteiger partial charge in [-0.1, -0.05) is 0 Å². The number of hydrogen-bond donors (Lipinski definition) is 2. The number of aromatic nitrogens is 4. The Balaban J connectivity index is 1.63. The molecule has 3 N–H and O–H groups in total. The van der Waals surface area contributed by atoms with E-state index in [1.165, 1.54) is 16.8 Å². The van der Waals surface area contributed by atoms with Crippen LogP contribution >= 0.6 is 0 Å². The van der Waals surface area contributed by atoms with Gasteiger partial charge in [0, 0.05) is 35.4 Å². The van der Waals surface area contributed by atoms with Gasteiger partial charge in [0.1, 0.15) is 4.90 Å². The normalized spacial score (nSPS) is 12.2. The molecule has 3 aromatic heterocycles. The van der Waals surface area contributed by atoms with Crippen molar-refractivity contribution in [2.45, 2.75) is 11.1 Å². The number of hydrogen-bond acceptors (Lipinski definition) is 6. The van der Waals surface area contributed by atoms with Gasteiger partial charge in [0.05, 0.1) is 5.56 Å². The summed E-state index contributed by atoms with van der Waals surface area (Å²) in [5.41, 5.74) is 6.31. The number of nitrogens with one attached hydrogen (secondary N) is 1. The Morgan fingerprint density at radius 3 is 2.43 bits per heavy atom. The zero-order valence-electron chi connectivity index (χ0n) is 15.0. The Morgan fingerprint density at radius 2 is 1.73 bits per heavy atom. The van der Waals surface area contributed by atoms with Gasteiger partial charge in [0.25, 0.3) is 10.0 Å². The molecule has 154 valence electrons. The van der Waals surface area contributed by atoms with Gasteiger partial charge in [-0.3, -0.25) is 9.71 Å². The van der Waals surface area contributed by atoms with Crippen LogP contribution in [-0.4, -0.2) is 28.0 Å². The van der Waals surface area contributed by atoms with Gasteiger partial charge >= 0.3 is 6.18 Å². The molecule has 3 heterocycles. The Morgan fingerprint density at radius 1 is 1.00 bits per heavy atom. The van der Waals surface area contributed by atoms with Crippen LogP contribution in [-0.2, 0) is 16.2 Å². The van der Waals surface area contributed by atoms with Gasteiger partial charge in [0.2, 0.25) is 5.95 Å². The Kier molecular flexibility index (Phi) is 4.57. The summed E-state index contributed by atoms with van der Waals surface area (Å²) in [6.07, 6.45) is -0.276. The molecule has 0 bridgehead atoms. The fourth-order valence-corrected chi connectivity index (χ4v) is 3.78. The van der Waals surface area contributed by atoms with Crippen molar-refractivity contribution in [2.75, 3.05) is 10.5 Å². The van der Waals surface area contributed by atoms with E-state index in [2.05, 4.69) is 19.8 Å². The molecule has 4 aromatic rings. The van der Waals surface area contributed by atoms with E-state index >= 15 is 0 Å². The molecule has 12 heteroatoms. The van der Waals surface area contributed by atoms with E-state index in [1.54, 1.807) is 18.3 Å². The molecule has 0 atom stereocenters. The summed E-state index contributed by atoms with van der Waals surface area (Å²) in [5, 5.41) is 4.00. The molecular formula is C18H13F3N6O2S. The van der Waals surface area contributed by atoms with Gasteiger partial charge < -0.3 is 5.73 Å². The molecule has 0 unspecified atom stereocenters. The van der Waals surface area contributed by atoms with Crippen molar-refractivity contribution in [1.29, 1.82) is 0 Å². The van der Waals surface area contributed by atoms with Crippen LogP contribution in [0.5, 0.6) is 0 Å². The minimum Gasteiger partial charge on any atom is -0.366 e. The van der Waals surface area contributed by atoms with Crippen LogP contribution in [0.3, 0.4) is 0 Å². The summed E-state index contributed by atoms with van der Waals surface area (Å²) in [4.78, 5) is 7.82. The monoisotopic (exact) mass is 434 g/mol. The van der Waals surface area contributed by atoms with E-state index < -0.39 is 21.8 Å². The molecule has 0 fully saturated rings. The molecule has 0 radical (unpaired) electrons. The summed E-state index contributed by atoms with van der Waals surface area (Å²) in [6.45, 7) is 0. The Labute approximate surface area is 168 Å². The average molecular weight is 434 g/mol. The number of fused-ring (bicyclic) bond motifs is 1. The molecule has 0 amide bonds. The lowest BCUT2D eigenvalue weighted by atomic mass is 10.1. The quantitative estimate of drug-likeness (QED) is 0.510. The topological polar surface area (TPSA) is 115 Å². The number of pyridine rings is 2. The fraction of sp³-hybridized carbons (Fsp3) is 0.0556. The number of sulfonamides is 1. The average Bonchev–Trinajstić information content (AvgIpc) is 3.06. The third-order valence-corrected chi connectivity index (χ3v) is 5.52. The van der Waals surface area contributed by atoms with Crippen molar-refractivity contribution in [3.05, 3.63) is 66.6 Å². The highest BCUT2D eigenvalue weighted by Crippen LogP contribution is 2.30. The van der Waals surface area contributed by atoms with E-state index in [0.717, 1.165) is 30.5 Å². The SMILES string of the molecule is Nc1nc2ccc(-c3cncc(S(=O)(=O)Nc4ccc(C(F)(F)F)cc4)c3)cn2n1. The number of halogens is 3. The Hall–Kier alpha value is -3.67. The van der Waals surface area contributed by atoms with Crippen molar-refractivity contribution >= 4 is 27.3 Å². The molecule has 0 saturated carbocycles. The minimum atomic E-state index is -4.51. The summed E-state index contributed by atoms with van der Waals surface area (Å²) in [6, 6.07) is 8.44. The number of anilines is 2. The van der Waals surface area contributed by atoms with Crippen molar-refractivity contribution in [1.82, 2.24) is 19.6 Å². The second-order valence-electron chi connectivity index (χ2n) is 6.28. The summed E-state index contributed by atoms with van der Waals surface area (Å²) < 4.78 is 67.0. The van der Waals surface area contributed by atoms with Crippen LogP contribution in [0.25, 0.3) is 16.8 Å². The molecule has 8 nitrogen and oxygen atoms in total. The third kappa shape index (κ3) is 3.89. The number of alkyl halides is 3. The highest BCUT2D eigenvalue weighted by Gasteiger charge is 2.30. The minimum absolute atomic E-state index is 0.00656. The number of nitrogen functional groups attached to an aromatic ring is 1. The number of benzene rings is 1. The van der Waals surface area contributed by atoms with Crippen LogP contribution in [0.15, 0.2) is 66.0 Å². The van der Waals surface area contributed by atoms with Crippen LogP contribution in [0, 0.1) is 0 Å². The lowest BCUT2D eigenvalue weighted by Crippen LogP contribution is -2.13. The fourth-order valence-electron chi connectivity index (χ4n) is 2.74. The predicted molar refractivity (Wildman–Crippen MR) is 103 cm³/mol. The first kappa shape index (κ1) is 19.6. The van der Waals surface area contributed by atoms with Crippen LogP contribution < -0.4 is 10.5 Å². The first-order chi connectivity index (χ1) is 14.1. The van der Waals surface area contributed by atoms with E-state index in [0.29, 0.717) is 16.8 Å². The van der Waals surface area contributed by atoms with E-state index in [-0.39, 0.29) is 16.5 Å². The lowest BCUT2D eigenvalue weighted by Gasteiger charge is -2.11. The second kappa shape index (κ2) is 6.99. The summed E-state index contributed by atoms with van der Waals surface area (Å²) in [5.74, 6) is 0.0994. The maximum atomic E-state index is 12.7. The van der Waals surface area contributed by atoms with Crippen molar-refractivity contribution in [2.24, 2.45) is 0 Å². The highest BCUT2D eigenvalue weighted by atomic mass is 32.2. The summed E-state index contributed by atoms with van der Waals surface area (Å²) in [7, 11) is -4.08. The van der Waals surface area contributed by atoms with E-state index in [9.17, 15) is 21.6 Å². The number of nitrogens with zero attached hydrogens (tertiary/aromatic N) is 4. The second-order valence-corrected chi connectivity index (χ2v) is 7.96. The largest absolute Gasteiger partial charge is 0.416 e. The highest BCUT2D eigenvalue weighted by molar-refractivity contribution is 7.92. The standard InChI is InChI=1S/C18H13F3N6O2S/c19-18(20,21)13-2-4-14(5-3-13)26-30(28,29)15-7-12(8-23-9-15)11-1-6-16-24-17(22)25-27(16)10-11/h1-10,26H,(H2,22,25). The molecule has 30 heavy (non-hydrogen) atoms. The Bertz CT molecular complexity index is 1330. The zero-order chi connectivity index (χ0) is 21.5. The van der Waals surface area contributed by atoms with Gasteiger partial charge in [-0.05, 0) is 42.5 Å². The molecule has 4 rings (SSSR count). The predicted octanol–water partition coefficient (Wildman–Crippen LogP) is 3.19. The smallest absolute Gasteiger partial charge is 0.366 e. The molecule has 0 aliphatic carbocycles. The first-order valence-corrected chi connectivity index (χ1v) is 9.87. The van der Waals surface area contributed by atoms with Gasteiger partial charge in [-0.25, -0.2) is 12.9 Å². The zero-order valence-corrected chi connectivity index (χ0v) is 15.8. The lowest BCUT2D eigenvalue weighted by molar-refractivity contribution is -0.137. The van der Waals surface area contributed by atoms with Crippen LogP contribution in [0.4, 0.5) is 24.8 Å². The number of rotatable bonds is 4. The van der Waals surface area contributed by atoms with Gasteiger partial charge in [0.15, 0.2) is 5.65 Å². The molecule has 1 aromatic carbocycles. The molecule has 0 spiro atoms. The van der Waals surface area contributed by atoms with E-state index in [4.69, 9.17) is 5.73 Å². The van der Waals surface area contributed by atoms with Crippen molar-refractivity contribution in [3.63, 3.8) is 0 Å². The molecule has 0 saturated heterocycles. The molecule has 0 aliphatic heterocycles. The van der Waals surface area contributed by atoms with Gasteiger partial charge in [-0.2, -0.15) is 18.2 Å². The van der Waals surface area contributed by atoms with Crippen LogP contribution in [0.2, 0.25) is 0 Å². The third-order valence-electron chi connectivity index (χ3n) is 4.17. The number of nitrogens with two attached hydrogens (primary N) is 1. The first-order valence-electron chi connectivity index (χ1n) is 8.39. The maximum absolute atomic E-state index is 12.7. The van der Waals surface area contributed by atoms with E-state index in [1.807, 2.05) is 0 Å². The molecular weight excluding hydrogens is 421 g/mol. The van der Waals surface area contributed by atoms with Crippen molar-refractivity contribution < 1.29 is 21.6 Å².